The standard InChI is InChI=1S/C20H23N3O2S/c1-22-13-12-20(21-22)26-23(14-16-4-8-18(24-2)9-5-16)15-17-6-10-19(25-3)11-7-17/h4-13H,14-15H2,1-3H3. The average molecular weight is 369 g/mol. The van der Waals surface area contributed by atoms with E-state index in [1.165, 1.54) is 11.1 Å². The number of methoxy groups -OCH3 is 2. The Bertz CT molecular complexity index is 766. The molecule has 0 amide bonds. The second kappa shape index (κ2) is 8.78. The summed E-state index contributed by atoms with van der Waals surface area (Å²) in [6.45, 7) is 1.61. The first-order valence-corrected chi connectivity index (χ1v) is 9.12. The molecule has 0 bridgehead atoms. The Balaban J connectivity index is 1.75. The van der Waals surface area contributed by atoms with Gasteiger partial charge in [0.15, 0.2) is 0 Å². The van der Waals surface area contributed by atoms with Gasteiger partial charge in [0, 0.05) is 26.3 Å². The zero-order valence-corrected chi connectivity index (χ0v) is 16.1. The molecule has 3 aromatic rings. The number of aryl methyl sites for hydroxylation is 1. The Kier molecular flexibility index (Phi) is 6.20. The zero-order chi connectivity index (χ0) is 18.4. The number of nitrogens with zero attached hydrogens (tertiary/aromatic N) is 3. The van der Waals surface area contributed by atoms with Crippen LogP contribution in [0.25, 0.3) is 0 Å². The first kappa shape index (κ1) is 18.4. The second-order valence-electron chi connectivity index (χ2n) is 5.91. The van der Waals surface area contributed by atoms with Crippen LogP contribution in [0.15, 0.2) is 65.8 Å². The van der Waals surface area contributed by atoms with Crippen LogP contribution in [-0.4, -0.2) is 28.3 Å². The molecule has 0 aliphatic heterocycles. The van der Waals surface area contributed by atoms with Crippen LogP contribution in [0.5, 0.6) is 11.5 Å². The lowest BCUT2D eigenvalue weighted by atomic mass is 10.2. The highest BCUT2D eigenvalue weighted by Gasteiger charge is 2.12. The molecule has 3 rings (SSSR count). The van der Waals surface area contributed by atoms with E-state index >= 15 is 0 Å². The third-order valence-electron chi connectivity index (χ3n) is 3.95. The van der Waals surface area contributed by atoms with E-state index < -0.39 is 0 Å². The quantitative estimate of drug-likeness (QED) is 0.558. The van der Waals surface area contributed by atoms with Crippen LogP contribution in [0.1, 0.15) is 11.1 Å². The summed E-state index contributed by atoms with van der Waals surface area (Å²) < 4.78 is 14.6. The van der Waals surface area contributed by atoms with Crippen molar-refractivity contribution in [3.8, 4) is 11.5 Å². The third kappa shape index (κ3) is 5.03. The highest BCUT2D eigenvalue weighted by Crippen LogP contribution is 2.26. The van der Waals surface area contributed by atoms with Crippen molar-refractivity contribution >= 4 is 11.9 Å². The van der Waals surface area contributed by atoms with E-state index in [1.54, 1.807) is 26.2 Å². The lowest BCUT2D eigenvalue weighted by molar-refractivity contribution is 0.413. The van der Waals surface area contributed by atoms with Gasteiger partial charge < -0.3 is 9.47 Å². The van der Waals surface area contributed by atoms with Crippen LogP contribution in [0, 0.1) is 0 Å². The van der Waals surface area contributed by atoms with Gasteiger partial charge in [0.25, 0.3) is 0 Å². The van der Waals surface area contributed by atoms with Crippen LogP contribution in [0.4, 0.5) is 0 Å². The third-order valence-corrected chi connectivity index (χ3v) is 4.87. The Labute approximate surface area is 158 Å². The minimum atomic E-state index is 0.803. The monoisotopic (exact) mass is 369 g/mol. The molecule has 136 valence electrons. The van der Waals surface area contributed by atoms with Gasteiger partial charge in [-0.05, 0) is 53.4 Å². The van der Waals surface area contributed by atoms with E-state index in [-0.39, 0.29) is 0 Å². The molecule has 0 spiro atoms. The Morgan fingerprint density at radius 3 is 1.73 bits per heavy atom. The smallest absolute Gasteiger partial charge is 0.133 e. The summed E-state index contributed by atoms with van der Waals surface area (Å²) in [6.07, 6.45) is 1.96. The molecule has 0 aliphatic carbocycles. The number of hydrogen-bond donors (Lipinski definition) is 0. The number of rotatable bonds is 8. The van der Waals surface area contributed by atoms with Gasteiger partial charge in [0.05, 0.1) is 14.2 Å². The molecule has 2 aromatic carbocycles. The predicted octanol–water partition coefficient (Wildman–Crippen LogP) is 4.15. The van der Waals surface area contributed by atoms with Gasteiger partial charge in [-0.2, -0.15) is 5.10 Å². The maximum Gasteiger partial charge on any atom is 0.133 e. The fraction of sp³-hybridized carbons (Fsp3) is 0.250. The summed E-state index contributed by atoms with van der Waals surface area (Å²) in [6, 6.07) is 18.4. The molecule has 6 heteroatoms. The maximum atomic E-state index is 5.25. The lowest BCUT2D eigenvalue weighted by Gasteiger charge is -2.20. The molecule has 0 radical (unpaired) electrons. The van der Waals surface area contributed by atoms with Crippen LogP contribution in [-0.2, 0) is 20.1 Å². The van der Waals surface area contributed by atoms with Crippen molar-refractivity contribution in [2.75, 3.05) is 14.2 Å². The molecule has 0 aliphatic rings. The summed E-state index contributed by atoms with van der Waals surface area (Å²) in [5.74, 6) is 1.74. The second-order valence-corrected chi connectivity index (χ2v) is 7.03. The number of hydrogen-bond acceptors (Lipinski definition) is 5. The average Bonchev–Trinajstić information content (AvgIpc) is 3.07. The maximum absolute atomic E-state index is 5.25. The topological polar surface area (TPSA) is 39.5 Å². The van der Waals surface area contributed by atoms with Gasteiger partial charge in [-0.1, -0.05) is 24.3 Å². The SMILES string of the molecule is COc1ccc(CN(Cc2ccc(OC)cc2)Sc2ccn(C)n2)cc1. The van der Waals surface area contributed by atoms with Gasteiger partial charge in [-0.3, -0.25) is 4.68 Å². The summed E-state index contributed by atoms with van der Waals surface area (Å²) >= 11 is 1.66. The van der Waals surface area contributed by atoms with Gasteiger partial charge in [-0.25, -0.2) is 4.31 Å². The fourth-order valence-electron chi connectivity index (χ4n) is 2.56. The van der Waals surface area contributed by atoms with Crippen LogP contribution >= 0.6 is 11.9 Å². The predicted molar refractivity (Wildman–Crippen MR) is 104 cm³/mol. The number of benzene rings is 2. The van der Waals surface area contributed by atoms with Crippen molar-refractivity contribution in [1.82, 2.24) is 14.1 Å². The molecular weight excluding hydrogens is 346 g/mol. The van der Waals surface area contributed by atoms with E-state index in [2.05, 4.69) is 33.7 Å². The van der Waals surface area contributed by atoms with E-state index in [9.17, 15) is 0 Å². The molecule has 0 N–H and O–H groups in total. The molecule has 0 atom stereocenters. The van der Waals surface area contributed by atoms with Crippen molar-refractivity contribution in [3.05, 3.63) is 71.9 Å². The minimum absolute atomic E-state index is 0.803. The molecule has 1 aromatic heterocycles. The lowest BCUT2D eigenvalue weighted by Crippen LogP contribution is -2.15. The van der Waals surface area contributed by atoms with Crippen LogP contribution < -0.4 is 9.47 Å². The van der Waals surface area contributed by atoms with Gasteiger partial charge in [0.1, 0.15) is 16.5 Å². The number of aromatic nitrogens is 2. The van der Waals surface area contributed by atoms with Crippen molar-refractivity contribution < 1.29 is 9.47 Å². The summed E-state index contributed by atoms with van der Waals surface area (Å²) in [5, 5.41) is 5.47. The van der Waals surface area contributed by atoms with E-state index in [0.29, 0.717) is 0 Å². The molecule has 0 unspecified atom stereocenters. The summed E-state index contributed by atoms with van der Waals surface area (Å²) in [7, 11) is 5.30. The fourth-order valence-corrected chi connectivity index (χ4v) is 3.54. The van der Waals surface area contributed by atoms with Gasteiger partial charge in [0.2, 0.25) is 0 Å². The summed E-state index contributed by atoms with van der Waals surface area (Å²) in [4.78, 5) is 0. The Morgan fingerprint density at radius 1 is 0.846 bits per heavy atom. The first-order chi connectivity index (χ1) is 12.7. The van der Waals surface area contributed by atoms with Crippen molar-refractivity contribution in [3.63, 3.8) is 0 Å². The largest absolute Gasteiger partial charge is 0.497 e. The van der Waals surface area contributed by atoms with Crippen molar-refractivity contribution in [1.29, 1.82) is 0 Å². The first-order valence-electron chi connectivity index (χ1n) is 8.34. The van der Waals surface area contributed by atoms with Gasteiger partial charge >= 0.3 is 0 Å². The minimum Gasteiger partial charge on any atom is -0.497 e. The molecule has 0 saturated carbocycles. The Morgan fingerprint density at radius 2 is 1.35 bits per heavy atom. The van der Waals surface area contributed by atoms with E-state index in [1.807, 2.05) is 48.3 Å². The van der Waals surface area contributed by atoms with Crippen LogP contribution in [0.3, 0.4) is 0 Å². The molecular formula is C20H23N3O2S. The van der Waals surface area contributed by atoms with Crippen molar-refractivity contribution in [2.24, 2.45) is 7.05 Å². The van der Waals surface area contributed by atoms with Gasteiger partial charge in [-0.15, -0.1) is 0 Å². The molecule has 1 heterocycles. The molecule has 26 heavy (non-hydrogen) atoms. The summed E-state index contributed by atoms with van der Waals surface area (Å²) in [5.41, 5.74) is 2.45. The normalized spacial score (nSPS) is 10.9. The van der Waals surface area contributed by atoms with E-state index in [0.717, 1.165) is 29.6 Å². The van der Waals surface area contributed by atoms with E-state index in [4.69, 9.17) is 9.47 Å². The molecule has 0 fully saturated rings. The molecule has 0 saturated heterocycles. The highest BCUT2D eigenvalue weighted by molar-refractivity contribution is 7.96. The van der Waals surface area contributed by atoms with Crippen molar-refractivity contribution in [2.45, 2.75) is 18.1 Å². The molecule has 5 nitrogen and oxygen atoms in total. The van der Waals surface area contributed by atoms with Crippen LogP contribution in [0.2, 0.25) is 0 Å². The highest BCUT2D eigenvalue weighted by atomic mass is 32.2. The Hall–Kier alpha value is -2.44. The zero-order valence-electron chi connectivity index (χ0n) is 15.3. The number of ether oxygens (including phenoxy) is 2.